The number of carbonyl (C=O) groups excluding carboxylic acids is 1. The van der Waals surface area contributed by atoms with Gasteiger partial charge in [-0.05, 0) is 53.4 Å². The molecule has 0 atom stereocenters. The van der Waals surface area contributed by atoms with E-state index < -0.39 is 5.97 Å². The van der Waals surface area contributed by atoms with Crippen molar-refractivity contribution in [2.75, 3.05) is 14.2 Å². The Labute approximate surface area is 180 Å². The molecule has 6 heteroatoms. The van der Waals surface area contributed by atoms with Crippen LogP contribution >= 0.6 is 0 Å². The first-order valence-corrected chi connectivity index (χ1v) is 9.81. The zero-order valence-electron chi connectivity index (χ0n) is 17.6. The lowest BCUT2D eigenvalue weighted by molar-refractivity contribution is 0.0601. The van der Waals surface area contributed by atoms with Crippen molar-refractivity contribution in [3.05, 3.63) is 83.4 Å². The lowest BCUT2D eigenvalue weighted by atomic mass is 9.94. The van der Waals surface area contributed by atoms with E-state index in [0.29, 0.717) is 29.4 Å². The molecule has 0 amide bonds. The van der Waals surface area contributed by atoms with Crippen molar-refractivity contribution in [3.63, 3.8) is 0 Å². The van der Waals surface area contributed by atoms with Gasteiger partial charge in [0.1, 0.15) is 0 Å². The van der Waals surface area contributed by atoms with Crippen molar-refractivity contribution in [2.45, 2.75) is 13.5 Å². The molecule has 0 saturated heterocycles. The van der Waals surface area contributed by atoms with Crippen LogP contribution in [0.1, 0.15) is 21.5 Å². The minimum Gasteiger partial charge on any atom is -0.465 e. The fourth-order valence-electron chi connectivity index (χ4n) is 3.50. The summed E-state index contributed by atoms with van der Waals surface area (Å²) in [6, 6.07) is 21.2. The van der Waals surface area contributed by atoms with Gasteiger partial charge in [0.2, 0.25) is 5.82 Å². The van der Waals surface area contributed by atoms with Gasteiger partial charge in [-0.3, -0.25) is 0 Å². The molecule has 0 aliphatic carbocycles. The van der Waals surface area contributed by atoms with Crippen LogP contribution < -0.4 is 0 Å². The third kappa shape index (κ3) is 4.25. The number of hydrogen-bond acceptors (Lipinski definition) is 6. The van der Waals surface area contributed by atoms with Crippen molar-refractivity contribution in [2.24, 2.45) is 0 Å². The molecule has 0 radical (unpaired) electrons. The Balaban J connectivity index is 1.70. The van der Waals surface area contributed by atoms with Crippen molar-refractivity contribution < 1.29 is 18.8 Å². The van der Waals surface area contributed by atoms with Gasteiger partial charge in [0.05, 0.1) is 19.3 Å². The molecule has 0 N–H and O–H groups in total. The number of esters is 1. The third-order valence-electron chi connectivity index (χ3n) is 5.06. The number of benzene rings is 3. The standard InChI is InChI=1S/C25H22N2O4/c1-16-7-4-5-10-21(16)22-12-11-18(14-20(22)15-29-2)24-26-23(27-31-24)17-8-6-9-19(13-17)25(28)30-3/h4-14H,15H2,1-3H3. The quantitative estimate of drug-likeness (QED) is 0.398. The third-order valence-corrected chi connectivity index (χ3v) is 5.06. The maximum Gasteiger partial charge on any atom is 0.337 e. The summed E-state index contributed by atoms with van der Waals surface area (Å²) in [5.74, 6) is 0.380. The average Bonchev–Trinajstić information content (AvgIpc) is 3.30. The van der Waals surface area contributed by atoms with Crippen LogP contribution in [0.5, 0.6) is 0 Å². The molecule has 3 aromatic carbocycles. The Morgan fingerprint density at radius 3 is 2.55 bits per heavy atom. The molecule has 0 bridgehead atoms. The molecule has 4 aromatic rings. The van der Waals surface area contributed by atoms with E-state index in [1.165, 1.54) is 12.7 Å². The van der Waals surface area contributed by atoms with Crippen LogP contribution in [0.4, 0.5) is 0 Å². The molecule has 4 rings (SSSR count). The Morgan fingerprint density at radius 1 is 0.935 bits per heavy atom. The van der Waals surface area contributed by atoms with E-state index in [1.807, 2.05) is 36.4 Å². The molecule has 0 fully saturated rings. The Kier molecular flexibility index (Phi) is 5.91. The highest BCUT2D eigenvalue weighted by molar-refractivity contribution is 5.90. The van der Waals surface area contributed by atoms with Crippen molar-refractivity contribution >= 4 is 5.97 Å². The molecule has 1 aromatic heterocycles. The maximum absolute atomic E-state index is 11.8. The first-order chi connectivity index (χ1) is 15.1. The van der Waals surface area contributed by atoms with E-state index in [1.54, 1.807) is 25.3 Å². The fourth-order valence-corrected chi connectivity index (χ4v) is 3.50. The summed E-state index contributed by atoms with van der Waals surface area (Å²) >= 11 is 0. The van der Waals surface area contributed by atoms with Crippen LogP contribution in [-0.4, -0.2) is 30.3 Å². The number of ether oxygens (including phenoxy) is 2. The summed E-state index contributed by atoms with van der Waals surface area (Å²) in [5, 5.41) is 4.09. The molecule has 6 nitrogen and oxygen atoms in total. The minimum atomic E-state index is -0.415. The van der Waals surface area contributed by atoms with Crippen LogP contribution in [-0.2, 0) is 16.1 Å². The molecule has 0 spiro atoms. The molecular weight excluding hydrogens is 392 g/mol. The summed E-state index contributed by atoms with van der Waals surface area (Å²) < 4.78 is 15.7. The minimum absolute atomic E-state index is 0.396. The second-order valence-electron chi connectivity index (χ2n) is 7.12. The first-order valence-electron chi connectivity index (χ1n) is 9.81. The van der Waals surface area contributed by atoms with E-state index in [-0.39, 0.29) is 0 Å². The van der Waals surface area contributed by atoms with Crippen LogP contribution in [0.3, 0.4) is 0 Å². The van der Waals surface area contributed by atoms with Crippen LogP contribution in [0.15, 0.2) is 71.3 Å². The van der Waals surface area contributed by atoms with Gasteiger partial charge in [0.25, 0.3) is 5.89 Å². The second kappa shape index (κ2) is 8.93. The van der Waals surface area contributed by atoms with Gasteiger partial charge in [-0.1, -0.05) is 47.6 Å². The van der Waals surface area contributed by atoms with Gasteiger partial charge in [-0.25, -0.2) is 4.79 Å². The molecule has 1 heterocycles. The summed E-state index contributed by atoms with van der Waals surface area (Å²) in [7, 11) is 3.02. The highest BCUT2D eigenvalue weighted by Crippen LogP contribution is 2.31. The SMILES string of the molecule is COCc1cc(-c2nc(-c3cccc(C(=O)OC)c3)no2)ccc1-c1ccccc1C. The zero-order valence-corrected chi connectivity index (χ0v) is 17.6. The van der Waals surface area contributed by atoms with Gasteiger partial charge >= 0.3 is 5.97 Å². The lowest BCUT2D eigenvalue weighted by Gasteiger charge is -2.12. The molecule has 156 valence electrons. The lowest BCUT2D eigenvalue weighted by Crippen LogP contribution is -2.00. The summed E-state index contributed by atoms with van der Waals surface area (Å²) in [5.41, 5.74) is 6.39. The van der Waals surface area contributed by atoms with Gasteiger partial charge in [-0.2, -0.15) is 4.98 Å². The summed E-state index contributed by atoms with van der Waals surface area (Å²) in [4.78, 5) is 16.3. The predicted octanol–water partition coefficient (Wildman–Crippen LogP) is 5.31. The topological polar surface area (TPSA) is 74.5 Å². The molecular formula is C25H22N2O4. The number of methoxy groups -OCH3 is 2. The highest BCUT2D eigenvalue weighted by atomic mass is 16.5. The van der Waals surface area contributed by atoms with E-state index in [2.05, 4.69) is 29.2 Å². The number of rotatable bonds is 6. The van der Waals surface area contributed by atoms with Crippen molar-refractivity contribution in [1.82, 2.24) is 10.1 Å². The maximum atomic E-state index is 11.8. The first kappa shape index (κ1) is 20.5. The van der Waals surface area contributed by atoms with Crippen LogP contribution in [0.2, 0.25) is 0 Å². The average molecular weight is 414 g/mol. The molecule has 31 heavy (non-hydrogen) atoms. The largest absolute Gasteiger partial charge is 0.465 e. The normalized spacial score (nSPS) is 10.8. The zero-order chi connectivity index (χ0) is 21.8. The molecule has 0 aliphatic heterocycles. The van der Waals surface area contributed by atoms with E-state index >= 15 is 0 Å². The van der Waals surface area contributed by atoms with E-state index in [9.17, 15) is 4.79 Å². The number of aromatic nitrogens is 2. The van der Waals surface area contributed by atoms with Crippen LogP contribution in [0.25, 0.3) is 34.0 Å². The predicted molar refractivity (Wildman–Crippen MR) is 117 cm³/mol. The van der Waals surface area contributed by atoms with Gasteiger partial charge in [0, 0.05) is 18.2 Å². The smallest absolute Gasteiger partial charge is 0.337 e. The monoisotopic (exact) mass is 414 g/mol. The van der Waals surface area contributed by atoms with Gasteiger partial charge < -0.3 is 14.0 Å². The number of carbonyl (C=O) groups is 1. The Hall–Kier alpha value is -3.77. The number of hydrogen-bond donors (Lipinski definition) is 0. The van der Waals surface area contributed by atoms with Crippen molar-refractivity contribution in [3.8, 4) is 34.0 Å². The van der Waals surface area contributed by atoms with E-state index in [0.717, 1.165) is 22.3 Å². The van der Waals surface area contributed by atoms with Gasteiger partial charge in [-0.15, -0.1) is 0 Å². The number of nitrogens with zero attached hydrogens (tertiary/aromatic N) is 2. The molecule has 0 aliphatic rings. The summed E-state index contributed by atoms with van der Waals surface area (Å²) in [6.07, 6.45) is 0. The van der Waals surface area contributed by atoms with E-state index in [4.69, 9.17) is 14.0 Å². The van der Waals surface area contributed by atoms with Crippen LogP contribution in [0, 0.1) is 6.92 Å². The Morgan fingerprint density at radius 2 is 1.77 bits per heavy atom. The number of aryl methyl sites for hydroxylation is 1. The Bertz CT molecular complexity index is 1230. The van der Waals surface area contributed by atoms with Gasteiger partial charge in [0.15, 0.2) is 0 Å². The molecule has 0 unspecified atom stereocenters. The van der Waals surface area contributed by atoms with Crippen molar-refractivity contribution in [1.29, 1.82) is 0 Å². The summed E-state index contributed by atoms with van der Waals surface area (Å²) in [6.45, 7) is 2.55. The fraction of sp³-hybridized carbons (Fsp3) is 0.160. The second-order valence-corrected chi connectivity index (χ2v) is 7.12. The highest BCUT2D eigenvalue weighted by Gasteiger charge is 2.15. The molecule has 0 saturated carbocycles.